The van der Waals surface area contributed by atoms with Gasteiger partial charge in [0.2, 0.25) is 11.8 Å². The molecule has 0 fully saturated rings. The Balaban J connectivity index is 1.98. The van der Waals surface area contributed by atoms with Gasteiger partial charge in [-0.25, -0.2) is 22.9 Å². The lowest BCUT2D eigenvalue weighted by molar-refractivity contribution is -0.118. The molecular formula is C20H23N3O7S. The normalized spacial score (nSPS) is 11.0. The molecule has 0 radical (unpaired) electrons. The van der Waals surface area contributed by atoms with E-state index in [2.05, 4.69) is 10.3 Å². The fourth-order valence-corrected chi connectivity index (χ4v) is 3.31. The first-order chi connectivity index (χ1) is 14.6. The van der Waals surface area contributed by atoms with E-state index in [1.807, 2.05) is 4.72 Å². The number of carbonyl (C=O) groups is 3. The van der Waals surface area contributed by atoms with Gasteiger partial charge >= 0.3 is 6.16 Å². The summed E-state index contributed by atoms with van der Waals surface area (Å²) in [7, 11) is -4.10. The lowest BCUT2D eigenvalue weighted by Gasteiger charge is -2.09. The number of hydrogen-bond donors (Lipinski definition) is 2. The van der Waals surface area contributed by atoms with Crippen LogP contribution in [0.5, 0.6) is 5.88 Å². The topological polar surface area (TPSA) is 141 Å². The van der Waals surface area contributed by atoms with E-state index in [0.717, 1.165) is 11.8 Å². The number of carbonyl (C=O) groups excluding carboxylic acids is 3. The maximum atomic E-state index is 12.5. The molecule has 0 bridgehead atoms. The van der Waals surface area contributed by atoms with Gasteiger partial charge in [-0.15, -0.1) is 0 Å². The number of hydrogen-bond acceptors (Lipinski definition) is 8. The quantitative estimate of drug-likeness (QED) is 0.581. The van der Waals surface area contributed by atoms with Gasteiger partial charge < -0.3 is 14.8 Å². The van der Waals surface area contributed by atoms with E-state index in [1.165, 1.54) is 31.2 Å². The van der Waals surface area contributed by atoms with E-state index in [0.29, 0.717) is 13.0 Å². The van der Waals surface area contributed by atoms with Crippen molar-refractivity contribution in [3.63, 3.8) is 0 Å². The van der Waals surface area contributed by atoms with Gasteiger partial charge in [-0.2, -0.15) is 0 Å². The predicted octanol–water partition coefficient (Wildman–Crippen LogP) is 1.80. The lowest BCUT2D eigenvalue weighted by atomic mass is 10.1. The van der Waals surface area contributed by atoms with Crippen molar-refractivity contribution in [1.82, 2.24) is 15.0 Å². The van der Waals surface area contributed by atoms with Crippen molar-refractivity contribution in [3.05, 3.63) is 53.7 Å². The molecule has 10 nitrogen and oxygen atoms in total. The molecule has 0 aliphatic heterocycles. The highest BCUT2D eigenvalue weighted by molar-refractivity contribution is 7.90. The van der Waals surface area contributed by atoms with Gasteiger partial charge in [-0.05, 0) is 44.0 Å². The van der Waals surface area contributed by atoms with E-state index < -0.39 is 22.1 Å². The largest absolute Gasteiger partial charge is 0.515 e. The zero-order chi connectivity index (χ0) is 23.0. The maximum Gasteiger partial charge on any atom is 0.515 e. The molecule has 31 heavy (non-hydrogen) atoms. The molecule has 2 aromatic rings. The number of benzene rings is 1. The molecule has 0 unspecified atom stereocenters. The fourth-order valence-electron chi connectivity index (χ4n) is 2.33. The van der Waals surface area contributed by atoms with E-state index in [-0.39, 0.29) is 28.4 Å². The van der Waals surface area contributed by atoms with Gasteiger partial charge in [0.15, 0.2) is 0 Å². The van der Waals surface area contributed by atoms with Crippen LogP contribution >= 0.6 is 0 Å². The van der Waals surface area contributed by atoms with Crippen LogP contribution in [-0.4, -0.2) is 44.0 Å². The van der Waals surface area contributed by atoms with Crippen molar-refractivity contribution in [1.29, 1.82) is 0 Å². The minimum absolute atomic E-state index is 0.0416. The van der Waals surface area contributed by atoms with Crippen molar-refractivity contribution < 1.29 is 32.3 Å². The zero-order valence-electron chi connectivity index (χ0n) is 17.2. The Labute approximate surface area is 180 Å². The summed E-state index contributed by atoms with van der Waals surface area (Å²) in [5.41, 5.74) is 0.787. The van der Waals surface area contributed by atoms with Crippen LogP contribution in [0.25, 0.3) is 0 Å². The minimum atomic E-state index is -4.10. The molecule has 1 aromatic heterocycles. The van der Waals surface area contributed by atoms with Crippen LogP contribution in [0, 0.1) is 0 Å². The van der Waals surface area contributed by atoms with Crippen LogP contribution in [-0.2, 0) is 26.0 Å². The minimum Gasteiger partial charge on any atom is -0.431 e. The summed E-state index contributed by atoms with van der Waals surface area (Å²) in [6.45, 7) is 5.15. The molecule has 2 amide bonds. The summed E-state index contributed by atoms with van der Waals surface area (Å²) in [6, 6.07) is 8.45. The molecule has 0 aliphatic carbocycles. The third-order valence-corrected chi connectivity index (χ3v) is 5.11. The Morgan fingerprint density at radius 3 is 2.29 bits per heavy atom. The molecule has 166 valence electrons. The molecule has 2 N–H and O–H groups in total. The lowest BCUT2D eigenvalue weighted by Crippen LogP contribution is -2.30. The molecular weight excluding hydrogens is 426 g/mol. The van der Waals surface area contributed by atoms with E-state index >= 15 is 0 Å². The fraction of sp³-hybridized carbons (Fsp3) is 0.300. The van der Waals surface area contributed by atoms with Crippen LogP contribution in [0.15, 0.2) is 47.5 Å². The molecule has 2 rings (SSSR count). The summed E-state index contributed by atoms with van der Waals surface area (Å²) < 4.78 is 36.5. The molecule has 0 saturated heterocycles. The summed E-state index contributed by atoms with van der Waals surface area (Å²) >= 11 is 0. The van der Waals surface area contributed by atoms with Crippen molar-refractivity contribution in [2.75, 3.05) is 6.54 Å². The standard InChI is InChI=1S/C20H23N3O7S/c1-13(2)29-20(26)30-18-9-6-16(12-22-18)19(25)23-31(27,28)17-7-4-15(5-8-17)10-11-21-14(3)24/h4-9,12-13H,10-11H2,1-3H3,(H,21,24)(H,23,25). The van der Waals surface area contributed by atoms with Crippen molar-refractivity contribution in [3.8, 4) is 5.88 Å². The molecule has 11 heteroatoms. The number of rotatable bonds is 8. The Morgan fingerprint density at radius 2 is 1.74 bits per heavy atom. The maximum absolute atomic E-state index is 12.5. The van der Waals surface area contributed by atoms with Crippen LogP contribution in [0.1, 0.15) is 36.7 Å². The second-order valence-electron chi connectivity index (χ2n) is 6.72. The van der Waals surface area contributed by atoms with E-state index in [4.69, 9.17) is 9.47 Å². The van der Waals surface area contributed by atoms with Crippen molar-refractivity contribution >= 4 is 28.0 Å². The van der Waals surface area contributed by atoms with Gasteiger partial charge in [-0.1, -0.05) is 12.1 Å². The van der Waals surface area contributed by atoms with E-state index in [1.54, 1.807) is 26.0 Å². The number of pyridine rings is 1. The van der Waals surface area contributed by atoms with Gasteiger partial charge in [0.25, 0.3) is 15.9 Å². The molecule has 1 aromatic carbocycles. The highest BCUT2D eigenvalue weighted by atomic mass is 32.2. The van der Waals surface area contributed by atoms with Gasteiger partial charge in [-0.3, -0.25) is 9.59 Å². The van der Waals surface area contributed by atoms with E-state index in [9.17, 15) is 22.8 Å². The van der Waals surface area contributed by atoms with Crippen molar-refractivity contribution in [2.45, 2.75) is 38.2 Å². The summed E-state index contributed by atoms with van der Waals surface area (Å²) in [5, 5.41) is 2.65. The van der Waals surface area contributed by atoms with Crippen molar-refractivity contribution in [2.24, 2.45) is 0 Å². The third-order valence-electron chi connectivity index (χ3n) is 3.77. The smallest absolute Gasteiger partial charge is 0.431 e. The summed E-state index contributed by atoms with van der Waals surface area (Å²) in [6.07, 6.45) is 0.308. The average Bonchev–Trinajstić information content (AvgIpc) is 2.67. The number of ether oxygens (including phenoxy) is 2. The molecule has 0 saturated carbocycles. The molecule has 1 heterocycles. The summed E-state index contributed by atoms with van der Waals surface area (Å²) in [5.74, 6) is -1.13. The Kier molecular flexibility index (Phi) is 8.08. The molecule has 0 atom stereocenters. The number of nitrogens with one attached hydrogen (secondary N) is 2. The average molecular weight is 449 g/mol. The van der Waals surface area contributed by atoms with Gasteiger partial charge in [0, 0.05) is 25.7 Å². The first-order valence-electron chi connectivity index (χ1n) is 9.32. The zero-order valence-corrected chi connectivity index (χ0v) is 18.1. The second kappa shape index (κ2) is 10.5. The van der Waals surface area contributed by atoms with Gasteiger partial charge in [0.1, 0.15) is 0 Å². The Hall–Kier alpha value is -3.47. The SMILES string of the molecule is CC(=O)NCCc1ccc(S(=O)(=O)NC(=O)c2ccc(OC(=O)OC(C)C)nc2)cc1. The predicted molar refractivity (Wildman–Crippen MR) is 110 cm³/mol. The number of amides is 2. The Bertz CT molecular complexity index is 1030. The number of sulfonamides is 1. The third kappa shape index (κ3) is 7.70. The van der Waals surface area contributed by atoms with Gasteiger partial charge in [0.05, 0.1) is 16.6 Å². The number of aromatic nitrogens is 1. The first-order valence-corrected chi connectivity index (χ1v) is 10.8. The molecule has 0 aliphatic rings. The highest BCUT2D eigenvalue weighted by Gasteiger charge is 2.19. The molecule has 0 spiro atoms. The second-order valence-corrected chi connectivity index (χ2v) is 8.40. The van der Waals surface area contributed by atoms with Crippen LogP contribution in [0.3, 0.4) is 0 Å². The van der Waals surface area contributed by atoms with Crippen LogP contribution < -0.4 is 14.8 Å². The van der Waals surface area contributed by atoms with Crippen LogP contribution in [0.2, 0.25) is 0 Å². The summed E-state index contributed by atoms with van der Waals surface area (Å²) in [4.78, 5) is 38.3. The van der Waals surface area contributed by atoms with Crippen LogP contribution in [0.4, 0.5) is 4.79 Å². The first kappa shape index (κ1) is 23.8. The Morgan fingerprint density at radius 1 is 1.06 bits per heavy atom. The highest BCUT2D eigenvalue weighted by Crippen LogP contribution is 2.13. The number of nitrogens with zero attached hydrogens (tertiary/aromatic N) is 1. The monoisotopic (exact) mass is 449 g/mol.